The van der Waals surface area contributed by atoms with Crippen molar-refractivity contribution in [2.45, 2.75) is 25.7 Å². The number of rotatable bonds is 4. The quantitative estimate of drug-likeness (QED) is 0.679. The number of hydrogen-bond acceptors (Lipinski definition) is 5. The molecule has 154 valence electrons. The van der Waals surface area contributed by atoms with Crippen LogP contribution in [0.4, 0.5) is 10.1 Å². The molecule has 0 saturated carbocycles. The van der Waals surface area contributed by atoms with Crippen LogP contribution < -0.4 is 5.32 Å². The number of halogens is 1. The molecule has 0 bridgehead atoms. The van der Waals surface area contributed by atoms with Gasteiger partial charge in [-0.05, 0) is 56.2 Å². The molecule has 2 heterocycles. The lowest BCUT2D eigenvalue weighted by Gasteiger charge is -2.31. The standard InChI is InChI=1S/C22H21FN4O2S/c1-14-3-2-4-16(13-14)22(29)27-11-9-15(10-12-27)20-25-26-21(30-20)19(28)24-18-7-5-17(23)6-8-18/h2-8,13,15H,9-12H2,1H3,(H,24,28). The Labute approximate surface area is 177 Å². The third-order valence-electron chi connectivity index (χ3n) is 5.13. The molecule has 4 rings (SSSR count). The van der Waals surface area contributed by atoms with Crippen molar-refractivity contribution in [1.82, 2.24) is 15.1 Å². The Bertz CT molecular complexity index is 1060. The van der Waals surface area contributed by atoms with Crippen molar-refractivity contribution in [2.24, 2.45) is 0 Å². The lowest BCUT2D eigenvalue weighted by atomic mass is 9.97. The van der Waals surface area contributed by atoms with Gasteiger partial charge < -0.3 is 10.2 Å². The van der Waals surface area contributed by atoms with Gasteiger partial charge in [0.1, 0.15) is 10.8 Å². The molecule has 1 N–H and O–H groups in total. The maximum atomic E-state index is 13.0. The van der Waals surface area contributed by atoms with Crippen molar-refractivity contribution in [3.05, 3.63) is 75.5 Å². The molecule has 1 fully saturated rings. The Hall–Kier alpha value is -3.13. The molecular formula is C22H21FN4O2S. The molecule has 1 saturated heterocycles. The zero-order valence-corrected chi connectivity index (χ0v) is 17.3. The first-order valence-corrected chi connectivity index (χ1v) is 10.6. The molecule has 8 heteroatoms. The van der Waals surface area contributed by atoms with Crippen LogP contribution in [0, 0.1) is 12.7 Å². The van der Waals surface area contributed by atoms with Gasteiger partial charge in [0.2, 0.25) is 5.01 Å². The van der Waals surface area contributed by atoms with E-state index in [2.05, 4.69) is 15.5 Å². The van der Waals surface area contributed by atoms with Gasteiger partial charge in [0, 0.05) is 30.3 Å². The highest BCUT2D eigenvalue weighted by Crippen LogP contribution is 2.31. The van der Waals surface area contributed by atoms with Gasteiger partial charge in [0.25, 0.3) is 11.8 Å². The van der Waals surface area contributed by atoms with E-state index in [1.165, 1.54) is 35.6 Å². The van der Waals surface area contributed by atoms with Gasteiger partial charge in [0.05, 0.1) is 0 Å². The van der Waals surface area contributed by atoms with Crippen molar-refractivity contribution >= 4 is 28.8 Å². The van der Waals surface area contributed by atoms with Crippen molar-refractivity contribution < 1.29 is 14.0 Å². The molecule has 3 aromatic rings. The number of nitrogens with one attached hydrogen (secondary N) is 1. The molecule has 6 nitrogen and oxygen atoms in total. The number of benzene rings is 2. The first kappa shape index (κ1) is 20.2. The fourth-order valence-electron chi connectivity index (χ4n) is 3.50. The highest BCUT2D eigenvalue weighted by Gasteiger charge is 2.27. The van der Waals surface area contributed by atoms with E-state index in [4.69, 9.17) is 0 Å². The van der Waals surface area contributed by atoms with Gasteiger partial charge in [-0.2, -0.15) is 0 Å². The minimum absolute atomic E-state index is 0.0498. The Balaban J connectivity index is 1.35. The second-order valence-corrected chi connectivity index (χ2v) is 8.35. The van der Waals surface area contributed by atoms with Crippen LogP contribution in [0.1, 0.15) is 49.5 Å². The van der Waals surface area contributed by atoms with Crippen LogP contribution in [0.5, 0.6) is 0 Å². The van der Waals surface area contributed by atoms with E-state index in [1.807, 2.05) is 36.1 Å². The predicted octanol–water partition coefficient (Wildman–Crippen LogP) is 4.26. The van der Waals surface area contributed by atoms with Gasteiger partial charge in [-0.1, -0.05) is 29.0 Å². The first-order valence-electron chi connectivity index (χ1n) is 9.76. The van der Waals surface area contributed by atoms with Gasteiger partial charge in [0.15, 0.2) is 0 Å². The van der Waals surface area contributed by atoms with E-state index in [9.17, 15) is 14.0 Å². The average Bonchev–Trinajstić information content (AvgIpc) is 3.25. The van der Waals surface area contributed by atoms with Crippen LogP contribution in [0.3, 0.4) is 0 Å². The molecule has 1 aliphatic rings. The lowest BCUT2D eigenvalue weighted by Crippen LogP contribution is -2.37. The monoisotopic (exact) mass is 424 g/mol. The summed E-state index contributed by atoms with van der Waals surface area (Å²) >= 11 is 1.27. The lowest BCUT2D eigenvalue weighted by molar-refractivity contribution is 0.0712. The molecule has 2 amide bonds. The van der Waals surface area contributed by atoms with Crippen molar-refractivity contribution in [1.29, 1.82) is 0 Å². The van der Waals surface area contributed by atoms with Gasteiger partial charge in [-0.25, -0.2) is 4.39 Å². The van der Waals surface area contributed by atoms with Crippen LogP contribution >= 0.6 is 11.3 Å². The number of carbonyl (C=O) groups is 2. The highest BCUT2D eigenvalue weighted by molar-refractivity contribution is 7.13. The highest BCUT2D eigenvalue weighted by atomic mass is 32.1. The third kappa shape index (κ3) is 4.54. The summed E-state index contributed by atoms with van der Waals surface area (Å²) in [6.45, 7) is 3.27. The van der Waals surface area contributed by atoms with Crippen molar-refractivity contribution in [2.75, 3.05) is 18.4 Å². The Kier molecular flexibility index (Phi) is 5.85. The molecule has 2 aromatic carbocycles. The molecule has 0 aliphatic carbocycles. The Morgan fingerprint density at radius 1 is 1.10 bits per heavy atom. The zero-order valence-electron chi connectivity index (χ0n) is 16.5. The van der Waals surface area contributed by atoms with E-state index in [0.717, 1.165) is 23.4 Å². The van der Waals surface area contributed by atoms with E-state index in [0.29, 0.717) is 24.3 Å². The summed E-state index contributed by atoms with van der Waals surface area (Å²) in [5, 5.41) is 12.0. The summed E-state index contributed by atoms with van der Waals surface area (Å²) in [7, 11) is 0. The molecular weight excluding hydrogens is 403 g/mol. The number of amides is 2. The number of aryl methyl sites for hydroxylation is 1. The summed E-state index contributed by atoms with van der Waals surface area (Å²) in [4.78, 5) is 26.9. The summed E-state index contributed by atoms with van der Waals surface area (Å²) in [5.41, 5.74) is 2.28. The molecule has 30 heavy (non-hydrogen) atoms. The van der Waals surface area contributed by atoms with E-state index < -0.39 is 0 Å². The van der Waals surface area contributed by atoms with Gasteiger partial charge in [-0.3, -0.25) is 9.59 Å². The van der Waals surface area contributed by atoms with E-state index in [1.54, 1.807) is 0 Å². The van der Waals surface area contributed by atoms with Gasteiger partial charge >= 0.3 is 0 Å². The van der Waals surface area contributed by atoms with Crippen molar-refractivity contribution in [3.63, 3.8) is 0 Å². The molecule has 0 atom stereocenters. The number of likely N-dealkylation sites (tertiary alicyclic amines) is 1. The summed E-state index contributed by atoms with van der Waals surface area (Å²) < 4.78 is 13.0. The first-order chi connectivity index (χ1) is 14.5. The Morgan fingerprint density at radius 3 is 2.53 bits per heavy atom. The van der Waals surface area contributed by atoms with Crippen LogP contribution in [-0.4, -0.2) is 40.0 Å². The maximum absolute atomic E-state index is 13.0. The molecule has 1 aromatic heterocycles. The molecule has 1 aliphatic heterocycles. The SMILES string of the molecule is Cc1cccc(C(=O)N2CCC(c3nnc(C(=O)Nc4ccc(F)cc4)s3)CC2)c1. The molecule has 0 radical (unpaired) electrons. The minimum atomic E-state index is -0.364. The second kappa shape index (κ2) is 8.71. The number of hydrogen-bond donors (Lipinski definition) is 1. The predicted molar refractivity (Wildman–Crippen MR) is 113 cm³/mol. The van der Waals surface area contributed by atoms with Crippen LogP contribution in [0.25, 0.3) is 0 Å². The summed E-state index contributed by atoms with van der Waals surface area (Å²) in [6, 6.07) is 13.2. The average molecular weight is 425 g/mol. The number of anilines is 1. The normalized spacial score (nSPS) is 14.5. The van der Waals surface area contributed by atoms with Gasteiger partial charge in [-0.15, -0.1) is 10.2 Å². The second-order valence-electron chi connectivity index (χ2n) is 7.34. The summed E-state index contributed by atoms with van der Waals surface area (Å²) in [6.07, 6.45) is 1.57. The fraction of sp³-hybridized carbons (Fsp3) is 0.273. The van der Waals surface area contributed by atoms with E-state index in [-0.39, 0.29) is 28.6 Å². The minimum Gasteiger partial charge on any atom is -0.339 e. The number of piperidine rings is 1. The van der Waals surface area contributed by atoms with Crippen LogP contribution in [-0.2, 0) is 0 Å². The smallest absolute Gasteiger partial charge is 0.286 e. The topological polar surface area (TPSA) is 75.2 Å². The van der Waals surface area contributed by atoms with E-state index >= 15 is 0 Å². The van der Waals surface area contributed by atoms with Crippen molar-refractivity contribution in [3.8, 4) is 0 Å². The number of nitrogens with zero attached hydrogens (tertiary/aromatic N) is 3. The van der Waals surface area contributed by atoms with Crippen LogP contribution in [0.15, 0.2) is 48.5 Å². The Morgan fingerprint density at radius 2 is 1.83 bits per heavy atom. The molecule has 0 spiro atoms. The van der Waals surface area contributed by atoms with Crippen LogP contribution in [0.2, 0.25) is 0 Å². The third-order valence-corrected chi connectivity index (χ3v) is 6.22. The number of aromatic nitrogens is 2. The largest absolute Gasteiger partial charge is 0.339 e. The maximum Gasteiger partial charge on any atom is 0.286 e. The zero-order chi connectivity index (χ0) is 21.1. The number of carbonyl (C=O) groups excluding carboxylic acids is 2. The fourth-order valence-corrected chi connectivity index (χ4v) is 4.41. The summed E-state index contributed by atoms with van der Waals surface area (Å²) in [5.74, 6) is -0.499. The molecule has 0 unspecified atom stereocenters.